The van der Waals surface area contributed by atoms with Crippen molar-refractivity contribution >= 4 is 17.9 Å². The molecule has 40 heavy (non-hydrogen) atoms. The summed E-state index contributed by atoms with van der Waals surface area (Å²) in [5.41, 5.74) is 2.56. The Morgan fingerprint density at radius 3 is 1.98 bits per heavy atom. The van der Waals surface area contributed by atoms with E-state index in [-0.39, 0.29) is 23.9 Å². The molecule has 2 rings (SSSR count). The molecule has 0 saturated heterocycles. The Balaban J connectivity index is 2.55. The molecule has 0 fully saturated rings. The van der Waals surface area contributed by atoms with Crippen LogP contribution in [-0.2, 0) is 15.9 Å². The summed E-state index contributed by atoms with van der Waals surface area (Å²) in [6.45, 7) is 11.5. The SMILES string of the molecule is CCCCCCCCC1C(CCCCC)=C(Cc2ccc([N+](=O)[O-])cc2)N(C(=O)OC(C)C)N1C(=O)OC(C)C. The molecule has 1 atom stereocenters. The van der Waals surface area contributed by atoms with E-state index in [1.165, 1.54) is 41.4 Å². The fraction of sp³-hybridized carbons (Fsp3) is 0.677. The summed E-state index contributed by atoms with van der Waals surface area (Å²) in [4.78, 5) is 38.0. The summed E-state index contributed by atoms with van der Waals surface area (Å²) in [5, 5.41) is 14.1. The van der Waals surface area contributed by atoms with E-state index in [4.69, 9.17) is 9.47 Å². The van der Waals surface area contributed by atoms with Crippen LogP contribution in [0.2, 0.25) is 0 Å². The Kier molecular flexibility index (Phi) is 14.0. The standard InChI is InChI=1S/C31H49N3O6/c1-7-9-11-12-13-15-17-28-27(16-14-10-8-2)29(22-25-18-20-26(21-19-25)34(37)38)33(31(36)40-24(5)6)32(28)30(35)39-23(3)4/h18-21,23-24,28H,7-17,22H2,1-6H3. The molecule has 0 N–H and O–H groups in total. The molecule has 0 aliphatic carbocycles. The number of nitro groups is 1. The molecule has 9 nitrogen and oxygen atoms in total. The lowest BCUT2D eigenvalue weighted by Crippen LogP contribution is -2.51. The minimum atomic E-state index is -0.619. The lowest BCUT2D eigenvalue weighted by molar-refractivity contribution is -0.384. The average Bonchev–Trinajstić information content (AvgIpc) is 3.18. The van der Waals surface area contributed by atoms with Gasteiger partial charge in [0, 0.05) is 18.6 Å². The van der Waals surface area contributed by atoms with Crippen LogP contribution in [0.1, 0.15) is 118 Å². The summed E-state index contributed by atoms with van der Waals surface area (Å²) in [5.74, 6) is 0. The van der Waals surface area contributed by atoms with Gasteiger partial charge in [-0.25, -0.2) is 14.6 Å². The van der Waals surface area contributed by atoms with E-state index in [1.807, 2.05) is 0 Å². The normalized spacial score (nSPS) is 15.3. The monoisotopic (exact) mass is 559 g/mol. The van der Waals surface area contributed by atoms with E-state index in [9.17, 15) is 19.7 Å². The van der Waals surface area contributed by atoms with Gasteiger partial charge in [0.25, 0.3) is 5.69 Å². The van der Waals surface area contributed by atoms with Gasteiger partial charge in [0.05, 0.1) is 28.9 Å². The van der Waals surface area contributed by atoms with Gasteiger partial charge in [0.2, 0.25) is 0 Å². The van der Waals surface area contributed by atoms with Gasteiger partial charge in [-0.2, -0.15) is 5.01 Å². The van der Waals surface area contributed by atoms with E-state index >= 15 is 0 Å². The van der Waals surface area contributed by atoms with Crippen LogP contribution < -0.4 is 0 Å². The third-order valence-corrected chi connectivity index (χ3v) is 6.97. The highest BCUT2D eigenvalue weighted by Gasteiger charge is 2.46. The second-order valence-electron chi connectivity index (χ2n) is 11.1. The van der Waals surface area contributed by atoms with Gasteiger partial charge in [-0.15, -0.1) is 0 Å². The highest BCUT2D eigenvalue weighted by Crippen LogP contribution is 2.39. The fourth-order valence-corrected chi connectivity index (χ4v) is 5.07. The van der Waals surface area contributed by atoms with E-state index in [1.54, 1.807) is 39.8 Å². The minimum Gasteiger partial charge on any atom is -0.445 e. The molecule has 0 aromatic heterocycles. The lowest BCUT2D eigenvalue weighted by Gasteiger charge is -2.33. The first-order chi connectivity index (χ1) is 19.1. The number of hydrogen-bond acceptors (Lipinski definition) is 6. The van der Waals surface area contributed by atoms with Gasteiger partial charge >= 0.3 is 12.2 Å². The van der Waals surface area contributed by atoms with Crippen LogP contribution in [0.3, 0.4) is 0 Å². The molecule has 1 aromatic carbocycles. The topological polar surface area (TPSA) is 102 Å². The molecule has 1 aromatic rings. The van der Waals surface area contributed by atoms with Crippen LogP contribution in [0.15, 0.2) is 35.5 Å². The number of amides is 2. The summed E-state index contributed by atoms with van der Waals surface area (Å²) >= 11 is 0. The fourth-order valence-electron chi connectivity index (χ4n) is 5.07. The number of allylic oxidation sites excluding steroid dienone is 1. The van der Waals surface area contributed by atoms with E-state index in [0.717, 1.165) is 62.5 Å². The Bertz CT molecular complexity index is 989. The number of non-ortho nitro benzene ring substituents is 1. The first-order valence-electron chi connectivity index (χ1n) is 15.1. The maximum absolute atomic E-state index is 13.6. The average molecular weight is 560 g/mol. The number of carbonyl (C=O) groups excluding carboxylic acids is 2. The minimum absolute atomic E-state index is 0.00600. The number of nitro benzene ring substituents is 1. The zero-order chi connectivity index (χ0) is 29.7. The van der Waals surface area contributed by atoms with Crippen molar-refractivity contribution in [1.82, 2.24) is 10.0 Å². The molecule has 1 unspecified atom stereocenters. The van der Waals surface area contributed by atoms with Gasteiger partial charge in [0.1, 0.15) is 0 Å². The number of hydrogen-bond donors (Lipinski definition) is 0. The highest BCUT2D eigenvalue weighted by molar-refractivity contribution is 5.78. The van der Waals surface area contributed by atoms with E-state index in [0.29, 0.717) is 12.1 Å². The molecular weight excluding hydrogens is 510 g/mol. The number of carbonyl (C=O) groups is 2. The van der Waals surface area contributed by atoms with Crippen LogP contribution in [0.4, 0.5) is 15.3 Å². The van der Waals surface area contributed by atoms with Crippen molar-refractivity contribution in [3.63, 3.8) is 0 Å². The molecule has 1 heterocycles. The number of benzene rings is 1. The van der Waals surface area contributed by atoms with Crippen LogP contribution in [0.25, 0.3) is 0 Å². The van der Waals surface area contributed by atoms with Crippen molar-refractivity contribution in [2.45, 2.75) is 137 Å². The summed E-state index contributed by atoms with van der Waals surface area (Å²) in [7, 11) is 0. The molecule has 2 amide bonds. The molecule has 1 aliphatic heterocycles. The second kappa shape index (κ2) is 16.9. The van der Waals surface area contributed by atoms with Gasteiger partial charge in [0.15, 0.2) is 0 Å². The Morgan fingerprint density at radius 2 is 1.40 bits per heavy atom. The van der Waals surface area contributed by atoms with Crippen molar-refractivity contribution in [3.05, 3.63) is 51.2 Å². The maximum atomic E-state index is 13.6. The predicted molar refractivity (Wildman–Crippen MR) is 157 cm³/mol. The highest BCUT2D eigenvalue weighted by atomic mass is 16.6. The van der Waals surface area contributed by atoms with Crippen LogP contribution >= 0.6 is 0 Å². The predicted octanol–water partition coefficient (Wildman–Crippen LogP) is 8.71. The third-order valence-electron chi connectivity index (χ3n) is 6.97. The molecule has 0 bridgehead atoms. The Labute approximate surface area is 240 Å². The molecular formula is C31H49N3O6. The first-order valence-corrected chi connectivity index (χ1v) is 15.1. The Hall–Kier alpha value is -3.10. The van der Waals surface area contributed by atoms with Crippen LogP contribution in [0.5, 0.6) is 0 Å². The van der Waals surface area contributed by atoms with E-state index in [2.05, 4.69) is 13.8 Å². The number of nitrogens with zero attached hydrogens (tertiary/aromatic N) is 3. The number of hydrazine groups is 1. The lowest BCUT2D eigenvalue weighted by atomic mass is 9.93. The van der Waals surface area contributed by atoms with Crippen molar-refractivity contribution < 1.29 is 24.0 Å². The number of unbranched alkanes of at least 4 members (excludes halogenated alkanes) is 7. The number of ether oxygens (including phenoxy) is 2. The van der Waals surface area contributed by atoms with Crippen molar-refractivity contribution in [3.8, 4) is 0 Å². The van der Waals surface area contributed by atoms with Gasteiger partial charge in [-0.05, 0) is 58.1 Å². The zero-order valence-corrected chi connectivity index (χ0v) is 25.3. The smallest absolute Gasteiger partial charge is 0.433 e. The number of rotatable bonds is 16. The summed E-state index contributed by atoms with van der Waals surface area (Å²) < 4.78 is 11.3. The first kappa shape index (κ1) is 33.1. The van der Waals surface area contributed by atoms with Gasteiger partial charge in [-0.1, -0.05) is 77.3 Å². The van der Waals surface area contributed by atoms with Gasteiger partial charge < -0.3 is 9.47 Å². The molecule has 0 saturated carbocycles. The maximum Gasteiger partial charge on any atom is 0.433 e. The van der Waals surface area contributed by atoms with Crippen molar-refractivity contribution in [2.75, 3.05) is 0 Å². The molecule has 0 spiro atoms. The van der Waals surface area contributed by atoms with Crippen LogP contribution in [0, 0.1) is 10.1 Å². The van der Waals surface area contributed by atoms with Gasteiger partial charge in [-0.3, -0.25) is 10.1 Å². The van der Waals surface area contributed by atoms with Crippen molar-refractivity contribution in [1.29, 1.82) is 0 Å². The largest absolute Gasteiger partial charge is 0.445 e. The quantitative estimate of drug-likeness (QED) is 0.114. The van der Waals surface area contributed by atoms with E-state index < -0.39 is 17.1 Å². The van der Waals surface area contributed by atoms with Crippen LogP contribution in [-0.4, -0.2) is 45.4 Å². The second-order valence-corrected chi connectivity index (χ2v) is 11.1. The third kappa shape index (κ3) is 9.82. The summed E-state index contributed by atoms with van der Waals surface area (Å²) in [6.07, 6.45) is 9.60. The molecule has 9 heteroatoms. The molecule has 0 radical (unpaired) electrons. The Morgan fingerprint density at radius 1 is 0.850 bits per heavy atom. The van der Waals surface area contributed by atoms with Crippen molar-refractivity contribution in [2.24, 2.45) is 0 Å². The molecule has 1 aliphatic rings. The molecule has 224 valence electrons. The zero-order valence-electron chi connectivity index (χ0n) is 25.3. The summed E-state index contributed by atoms with van der Waals surface area (Å²) in [6, 6.07) is 6.03.